The summed E-state index contributed by atoms with van der Waals surface area (Å²) in [6, 6.07) is 0.504. The number of carbonyl (C=O) groups excluding carboxylic acids is 1. The summed E-state index contributed by atoms with van der Waals surface area (Å²) in [6.07, 6.45) is 2.79. The Morgan fingerprint density at radius 3 is 3.00 bits per heavy atom. The molecule has 0 radical (unpaired) electrons. The third kappa shape index (κ3) is 4.47. The molecule has 0 aromatic carbocycles. The number of thiazole rings is 1. The summed E-state index contributed by atoms with van der Waals surface area (Å²) in [5.41, 5.74) is 3.02. The normalized spacial score (nSPS) is 16.6. The van der Waals surface area contributed by atoms with E-state index < -0.39 is 0 Å². The molecule has 106 valence electrons. The van der Waals surface area contributed by atoms with Crippen LogP contribution in [0, 0.1) is 0 Å². The van der Waals surface area contributed by atoms with Gasteiger partial charge < -0.3 is 15.0 Å². The van der Waals surface area contributed by atoms with Crippen LogP contribution >= 0.6 is 11.3 Å². The Morgan fingerprint density at radius 1 is 1.58 bits per heavy atom. The van der Waals surface area contributed by atoms with Gasteiger partial charge in [0.25, 0.3) is 0 Å². The lowest BCUT2D eigenvalue weighted by molar-refractivity contribution is 0.0952. The zero-order chi connectivity index (χ0) is 13.5. The van der Waals surface area contributed by atoms with Crippen LogP contribution in [-0.4, -0.2) is 48.3 Å². The predicted molar refractivity (Wildman–Crippen MR) is 75.4 cm³/mol. The standard InChI is InChI=1S/C13H21N3O2S/c1-2-18-13(17)16-7-4-11(5-8-16)14-6-3-12-9-19-10-15-12/h9-11,14H,2-8H2,1H3. The maximum absolute atomic E-state index is 11.6. The molecule has 1 aromatic rings. The minimum atomic E-state index is -0.177. The molecule has 0 unspecified atom stereocenters. The lowest BCUT2D eigenvalue weighted by atomic mass is 10.1. The Labute approximate surface area is 118 Å². The van der Waals surface area contributed by atoms with Crippen molar-refractivity contribution in [1.29, 1.82) is 0 Å². The van der Waals surface area contributed by atoms with E-state index in [1.165, 1.54) is 0 Å². The van der Waals surface area contributed by atoms with Crippen molar-refractivity contribution >= 4 is 17.4 Å². The van der Waals surface area contributed by atoms with Gasteiger partial charge in [0, 0.05) is 37.5 Å². The first-order valence-corrected chi connectivity index (χ1v) is 7.76. The van der Waals surface area contributed by atoms with Crippen LogP contribution in [0.5, 0.6) is 0 Å². The molecule has 0 atom stereocenters. The number of likely N-dealkylation sites (tertiary alicyclic amines) is 1. The highest BCUT2D eigenvalue weighted by atomic mass is 32.1. The van der Waals surface area contributed by atoms with E-state index in [0.29, 0.717) is 12.6 Å². The summed E-state index contributed by atoms with van der Waals surface area (Å²) in [4.78, 5) is 17.6. The summed E-state index contributed by atoms with van der Waals surface area (Å²) in [6.45, 7) is 4.81. The van der Waals surface area contributed by atoms with Crippen molar-refractivity contribution < 1.29 is 9.53 Å². The largest absolute Gasteiger partial charge is 0.450 e. The van der Waals surface area contributed by atoms with Crippen molar-refractivity contribution in [3.63, 3.8) is 0 Å². The highest BCUT2D eigenvalue weighted by Crippen LogP contribution is 2.11. The van der Waals surface area contributed by atoms with Crippen molar-refractivity contribution in [3.8, 4) is 0 Å². The maximum atomic E-state index is 11.6. The second-order valence-corrected chi connectivity index (χ2v) is 5.36. The molecule has 0 bridgehead atoms. The fourth-order valence-corrected chi connectivity index (χ4v) is 2.84. The minimum Gasteiger partial charge on any atom is -0.450 e. The summed E-state index contributed by atoms with van der Waals surface area (Å²) in [5, 5.41) is 5.63. The Balaban J connectivity index is 1.62. The highest BCUT2D eigenvalue weighted by molar-refractivity contribution is 7.07. The van der Waals surface area contributed by atoms with Gasteiger partial charge in [-0.1, -0.05) is 0 Å². The molecule has 19 heavy (non-hydrogen) atoms. The van der Waals surface area contributed by atoms with Gasteiger partial charge in [-0.05, 0) is 19.8 Å². The molecular weight excluding hydrogens is 262 g/mol. The minimum absolute atomic E-state index is 0.177. The highest BCUT2D eigenvalue weighted by Gasteiger charge is 2.22. The van der Waals surface area contributed by atoms with Crippen molar-refractivity contribution in [2.24, 2.45) is 0 Å². The summed E-state index contributed by atoms with van der Waals surface area (Å²) < 4.78 is 5.01. The molecule has 0 aliphatic carbocycles. The van der Waals surface area contributed by atoms with Gasteiger partial charge >= 0.3 is 6.09 Å². The number of rotatable bonds is 5. The van der Waals surface area contributed by atoms with E-state index in [9.17, 15) is 4.79 Å². The monoisotopic (exact) mass is 283 g/mol. The van der Waals surface area contributed by atoms with Gasteiger partial charge in [0.15, 0.2) is 0 Å². The van der Waals surface area contributed by atoms with Gasteiger partial charge in [0.1, 0.15) is 0 Å². The molecule has 6 heteroatoms. The Morgan fingerprint density at radius 2 is 2.37 bits per heavy atom. The van der Waals surface area contributed by atoms with E-state index in [1.807, 2.05) is 12.4 Å². The van der Waals surface area contributed by atoms with Crippen LogP contribution in [0.25, 0.3) is 0 Å². The number of hydrogen-bond acceptors (Lipinski definition) is 5. The lowest BCUT2D eigenvalue weighted by Crippen LogP contribution is -2.45. The van der Waals surface area contributed by atoms with Crippen molar-refractivity contribution in [2.45, 2.75) is 32.2 Å². The third-order valence-corrected chi connectivity index (χ3v) is 3.95. The summed E-state index contributed by atoms with van der Waals surface area (Å²) in [5.74, 6) is 0. The zero-order valence-corrected chi connectivity index (χ0v) is 12.1. The number of carbonyl (C=O) groups is 1. The van der Waals surface area contributed by atoms with E-state index >= 15 is 0 Å². The Hall–Kier alpha value is -1.14. The van der Waals surface area contributed by atoms with Crippen molar-refractivity contribution in [3.05, 3.63) is 16.6 Å². The quantitative estimate of drug-likeness (QED) is 0.896. The first-order valence-electron chi connectivity index (χ1n) is 6.81. The number of aromatic nitrogens is 1. The lowest BCUT2D eigenvalue weighted by Gasteiger charge is -2.31. The van der Waals surface area contributed by atoms with E-state index in [1.54, 1.807) is 16.2 Å². The van der Waals surface area contributed by atoms with Crippen LogP contribution in [0.3, 0.4) is 0 Å². The number of hydrogen-bond donors (Lipinski definition) is 1. The average Bonchev–Trinajstić information content (AvgIpc) is 2.93. The van der Waals surface area contributed by atoms with Crippen LogP contribution in [0.2, 0.25) is 0 Å². The van der Waals surface area contributed by atoms with Crippen molar-refractivity contribution in [2.75, 3.05) is 26.2 Å². The number of ether oxygens (including phenoxy) is 1. The van der Waals surface area contributed by atoms with Gasteiger partial charge in [0.2, 0.25) is 0 Å². The Kier molecular flexibility index (Phi) is 5.60. The molecule has 5 nitrogen and oxygen atoms in total. The van der Waals surface area contributed by atoms with Crippen LogP contribution in [-0.2, 0) is 11.2 Å². The number of nitrogens with zero attached hydrogens (tertiary/aromatic N) is 2. The van der Waals surface area contributed by atoms with E-state index in [0.717, 1.165) is 44.6 Å². The molecular formula is C13H21N3O2S. The summed E-state index contributed by atoms with van der Waals surface area (Å²) >= 11 is 1.64. The van der Waals surface area contributed by atoms with Crippen LogP contribution in [0.15, 0.2) is 10.9 Å². The van der Waals surface area contributed by atoms with Gasteiger partial charge in [-0.15, -0.1) is 11.3 Å². The van der Waals surface area contributed by atoms with Crippen LogP contribution in [0.1, 0.15) is 25.5 Å². The topological polar surface area (TPSA) is 54.5 Å². The van der Waals surface area contributed by atoms with E-state index in [2.05, 4.69) is 15.7 Å². The molecule has 2 heterocycles. The van der Waals surface area contributed by atoms with Crippen LogP contribution < -0.4 is 5.32 Å². The van der Waals surface area contributed by atoms with Crippen molar-refractivity contribution in [1.82, 2.24) is 15.2 Å². The molecule has 1 aliphatic rings. The SMILES string of the molecule is CCOC(=O)N1CCC(NCCc2cscn2)CC1. The molecule has 0 saturated carbocycles. The first kappa shape index (κ1) is 14.3. The van der Waals surface area contributed by atoms with Gasteiger partial charge in [-0.2, -0.15) is 0 Å². The summed E-state index contributed by atoms with van der Waals surface area (Å²) in [7, 11) is 0. The molecule has 1 saturated heterocycles. The van der Waals surface area contributed by atoms with Gasteiger partial charge in [0.05, 0.1) is 17.8 Å². The second-order valence-electron chi connectivity index (χ2n) is 4.64. The first-order chi connectivity index (χ1) is 9.29. The zero-order valence-electron chi connectivity index (χ0n) is 11.3. The average molecular weight is 283 g/mol. The molecule has 1 aliphatic heterocycles. The van der Waals surface area contributed by atoms with Crippen LogP contribution in [0.4, 0.5) is 4.79 Å². The molecule has 1 aromatic heterocycles. The number of nitrogens with one attached hydrogen (secondary N) is 1. The second kappa shape index (κ2) is 7.45. The number of amides is 1. The molecule has 1 amide bonds. The smallest absolute Gasteiger partial charge is 0.409 e. The fourth-order valence-electron chi connectivity index (χ4n) is 2.25. The van der Waals surface area contributed by atoms with E-state index in [4.69, 9.17) is 4.74 Å². The maximum Gasteiger partial charge on any atom is 0.409 e. The van der Waals surface area contributed by atoms with E-state index in [-0.39, 0.29) is 6.09 Å². The fraction of sp³-hybridized carbons (Fsp3) is 0.692. The van der Waals surface area contributed by atoms with Gasteiger partial charge in [-0.25, -0.2) is 9.78 Å². The molecule has 1 fully saturated rings. The molecule has 0 spiro atoms. The Bertz CT molecular complexity index is 375. The molecule has 2 rings (SSSR count). The third-order valence-electron chi connectivity index (χ3n) is 3.32. The number of piperidine rings is 1. The van der Waals surface area contributed by atoms with Gasteiger partial charge in [-0.3, -0.25) is 0 Å². The predicted octanol–water partition coefficient (Wildman–Crippen LogP) is 1.90. The molecule has 1 N–H and O–H groups in total.